The molecule has 1 aliphatic carbocycles. The zero-order valence-electron chi connectivity index (χ0n) is 13.6. The van der Waals surface area contributed by atoms with Gasteiger partial charge < -0.3 is 9.47 Å². The molecule has 1 saturated carbocycles. The molecule has 0 aromatic carbocycles. The third-order valence-electron chi connectivity index (χ3n) is 5.15. The summed E-state index contributed by atoms with van der Waals surface area (Å²) in [6.45, 7) is 7.54. The quantitative estimate of drug-likeness (QED) is 0.624. The first kappa shape index (κ1) is 16.3. The molecule has 2 heteroatoms. The van der Waals surface area contributed by atoms with Crippen molar-refractivity contribution in [2.24, 2.45) is 17.8 Å². The molecular formula is C18H34O2. The fourth-order valence-electron chi connectivity index (χ4n) is 3.76. The summed E-state index contributed by atoms with van der Waals surface area (Å²) in [7, 11) is 0. The van der Waals surface area contributed by atoms with Crippen molar-refractivity contribution in [2.45, 2.75) is 77.7 Å². The first-order valence-corrected chi connectivity index (χ1v) is 8.93. The van der Waals surface area contributed by atoms with Crippen LogP contribution in [0.25, 0.3) is 0 Å². The summed E-state index contributed by atoms with van der Waals surface area (Å²) in [5.74, 6) is 2.57. The standard InChI is InChI=1S/C18H34O2/c1-15-6-5-8-18(12-15)13-19-11-4-3-7-17-10-9-16(2)20-14-17/h15-18H,3-14H2,1-2H3. The molecule has 4 atom stereocenters. The lowest BCUT2D eigenvalue weighted by Gasteiger charge is -2.27. The van der Waals surface area contributed by atoms with E-state index < -0.39 is 0 Å². The zero-order valence-corrected chi connectivity index (χ0v) is 13.6. The van der Waals surface area contributed by atoms with E-state index in [-0.39, 0.29) is 0 Å². The van der Waals surface area contributed by atoms with Gasteiger partial charge in [0.1, 0.15) is 0 Å². The molecule has 0 aromatic heterocycles. The average molecular weight is 282 g/mol. The summed E-state index contributed by atoms with van der Waals surface area (Å²) < 4.78 is 11.6. The molecule has 0 spiro atoms. The van der Waals surface area contributed by atoms with Crippen LogP contribution >= 0.6 is 0 Å². The lowest BCUT2D eigenvalue weighted by Crippen LogP contribution is -2.23. The van der Waals surface area contributed by atoms with Crippen LogP contribution < -0.4 is 0 Å². The molecule has 0 N–H and O–H groups in total. The van der Waals surface area contributed by atoms with Gasteiger partial charge in [-0.05, 0) is 63.2 Å². The van der Waals surface area contributed by atoms with E-state index in [0.717, 1.165) is 37.6 Å². The largest absolute Gasteiger partial charge is 0.381 e. The molecule has 0 aromatic rings. The predicted molar refractivity (Wildman–Crippen MR) is 83.9 cm³/mol. The van der Waals surface area contributed by atoms with Crippen molar-refractivity contribution in [3.63, 3.8) is 0 Å². The van der Waals surface area contributed by atoms with Gasteiger partial charge in [0.2, 0.25) is 0 Å². The molecule has 2 rings (SSSR count). The van der Waals surface area contributed by atoms with Gasteiger partial charge >= 0.3 is 0 Å². The molecule has 1 aliphatic heterocycles. The third kappa shape index (κ3) is 6.13. The summed E-state index contributed by atoms with van der Waals surface area (Å²) in [4.78, 5) is 0. The number of rotatable bonds is 7. The van der Waals surface area contributed by atoms with Crippen molar-refractivity contribution in [2.75, 3.05) is 19.8 Å². The van der Waals surface area contributed by atoms with Gasteiger partial charge in [0.05, 0.1) is 6.10 Å². The molecule has 1 saturated heterocycles. The molecule has 0 radical (unpaired) electrons. The summed E-state index contributed by atoms with van der Waals surface area (Å²) in [5, 5.41) is 0. The van der Waals surface area contributed by atoms with Gasteiger partial charge in [0.15, 0.2) is 0 Å². The van der Waals surface area contributed by atoms with Crippen molar-refractivity contribution >= 4 is 0 Å². The zero-order chi connectivity index (χ0) is 14.2. The Bertz CT molecular complexity index is 246. The Morgan fingerprint density at radius 2 is 1.90 bits per heavy atom. The molecule has 118 valence electrons. The fraction of sp³-hybridized carbons (Fsp3) is 1.00. The van der Waals surface area contributed by atoms with Gasteiger partial charge in [-0.1, -0.05) is 26.2 Å². The Labute approximate surface area is 125 Å². The van der Waals surface area contributed by atoms with E-state index in [1.165, 1.54) is 57.8 Å². The van der Waals surface area contributed by atoms with Gasteiger partial charge in [0.25, 0.3) is 0 Å². The van der Waals surface area contributed by atoms with Crippen LogP contribution in [0.1, 0.15) is 71.6 Å². The van der Waals surface area contributed by atoms with Crippen LogP contribution in [0.15, 0.2) is 0 Å². The smallest absolute Gasteiger partial charge is 0.0547 e. The molecule has 2 nitrogen and oxygen atoms in total. The monoisotopic (exact) mass is 282 g/mol. The van der Waals surface area contributed by atoms with Crippen molar-refractivity contribution in [1.29, 1.82) is 0 Å². The number of hydrogen-bond donors (Lipinski definition) is 0. The van der Waals surface area contributed by atoms with Gasteiger partial charge in [-0.3, -0.25) is 0 Å². The predicted octanol–water partition coefficient (Wildman–Crippen LogP) is 4.81. The van der Waals surface area contributed by atoms with E-state index in [9.17, 15) is 0 Å². The summed E-state index contributed by atoms with van der Waals surface area (Å²) in [6, 6.07) is 0. The van der Waals surface area contributed by atoms with Crippen LogP contribution in [-0.2, 0) is 9.47 Å². The second-order valence-electron chi connectivity index (χ2n) is 7.30. The molecule has 20 heavy (non-hydrogen) atoms. The Morgan fingerprint density at radius 3 is 2.65 bits per heavy atom. The normalized spacial score (nSPS) is 35.1. The van der Waals surface area contributed by atoms with Crippen LogP contribution in [0.3, 0.4) is 0 Å². The maximum Gasteiger partial charge on any atom is 0.0547 e. The molecular weight excluding hydrogens is 248 g/mol. The maximum absolute atomic E-state index is 5.90. The molecule has 4 unspecified atom stereocenters. The second kappa shape index (κ2) is 9.04. The Morgan fingerprint density at radius 1 is 1.00 bits per heavy atom. The van der Waals surface area contributed by atoms with Crippen LogP contribution in [0, 0.1) is 17.8 Å². The van der Waals surface area contributed by atoms with Crippen LogP contribution in [0.5, 0.6) is 0 Å². The first-order valence-electron chi connectivity index (χ1n) is 8.93. The minimum absolute atomic E-state index is 0.493. The van der Waals surface area contributed by atoms with Crippen LogP contribution in [-0.4, -0.2) is 25.9 Å². The average Bonchev–Trinajstić information content (AvgIpc) is 2.45. The molecule has 0 bridgehead atoms. The van der Waals surface area contributed by atoms with E-state index in [0.29, 0.717) is 6.10 Å². The van der Waals surface area contributed by atoms with Gasteiger partial charge in [-0.2, -0.15) is 0 Å². The first-order chi connectivity index (χ1) is 9.74. The SMILES string of the molecule is CC1CCCC(COCCCCC2CCC(C)OC2)C1. The molecule has 1 heterocycles. The van der Waals surface area contributed by atoms with Crippen molar-refractivity contribution < 1.29 is 9.47 Å². The molecule has 2 fully saturated rings. The highest BCUT2D eigenvalue weighted by Crippen LogP contribution is 2.28. The minimum Gasteiger partial charge on any atom is -0.381 e. The number of hydrogen-bond acceptors (Lipinski definition) is 2. The van der Waals surface area contributed by atoms with E-state index in [1.807, 2.05) is 0 Å². The lowest BCUT2D eigenvalue weighted by molar-refractivity contribution is -0.00842. The highest BCUT2D eigenvalue weighted by molar-refractivity contribution is 4.70. The molecule has 0 amide bonds. The van der Waals surface area contributed by atoms with Crippen LogP contribution in [0.4, 0.5) is 0 Å². The van der Waals surface area contributed by atoms with E-state index in [1.54, 1.807) is 0 Å². The Balaban J connectivity index is 1.42. The van der Waals surface area contributed by atoms with E-state index >= 15 is 0 Å². The van der Waals surface area contributed by atoms with Gasteiger partial charge in [-0.25, -0.2) is 0 Å². The second-order valence-corrected chi connectivity index (χ2v) is 7.30. The van der Waals surface area contributed by atoms with Gasteiger partial charge in [0, 0.05) is 19.8 Å². The van der Waals surface area contributed by atoms with Crippen molar-refractivity contribution in [3.8, 4) is 0 Å². The summed E-state index contributed by atoms with van der Waals surface area (Å²) in [6.07, 6.45) is 12.6. The Kier molecular flexibility index (Phi) is 7.37. The number of ether oxygens (including phenoxy) is 2. The third-order valence-corrected chi connectivity index (χ3v) is 5.15. The minimum atomic E-state index is 0.493. The molecule has 2 aliphatic rings. The highest BCUT2D eigenvalue weighted by Gasteiger charge is 2.19. The Hall–Kier alpha value is -0.0800. The van der Waals surface area contributed by atoms with Gasteiger partial charge in [-0.15, -0.1) is 0 Å². The lowest BCUT2D eigenvalue weighted by atomic mass is 9.83. The van der Waals surface area contributed by atoms with E-state index in [4.69, 9.17) is 9.47 Å². The fourth-order valence-corrected chi connectivity index (χ4v) is 3.76. The summed E-state index contributed by atoms with van der Waals surface area (Å²) >= 11 is 0. The topological polar surface area (TPSA) is 18.5 Å². The van der Waals surface area contributed by atoms with Crippen molar-refractivity contribution in [3.05, 3.63) is 0 Å². The van der Waals surface area contributed by atoms with Crippen LogP contribution in [0.2, 0.25) is 0 Å². The number of unbranched alkanes of at least 4 members (excludes halogenated alkanes) is 1. The highest BCUT2D eigenvalue weighted by atomic mass is 16.5. The summed E-state index contributed by atoms with van der Waals surface area (Å²) in [5.41, 5.74) is 0. The van der Waals surface area contributed by atoms with E-state index in [2.05, 4.69) is 13.8 Å². The van der Waals surface area contributed by atoms with Crippen molar-refractivity contribution in [1.82, 2.24) is 0 Å². The maximum atomic E-state index is 5.90.